The minimum absolute atomic E-state index is 0.732. The fourth-order valence-electron chi connectivity index (χ4n) is 2.99. The quantitative estimate of drug-likeness (QED) is 0.476. The fraction of sp³-hybridized carbons (Fsp3) is 0.273. The molecule has 0 aliphatic heterocycles. The maximum atomic E-state index is 6.50. The molecule has 2 aromatic carbocycles. The van der Waals surface area contributed by atoms with E-state index in [1.165, 1.54) is 15.9 Å². The summed E-state index contributed by atoms with van der Waals surface area (Å²) in [7, 11) is -2.23. The van der Waals surface area contributed by atoms with Crippen LogP contribution in [0.2, 0.25) is 6.04 Å². The lowest BCUT2D eigenvalue weighted by molar-refractivity contribution is 0.340. The Kier molecular flexibility index (Phi) is 7.23. The molecule has 2 rings (SSSR count). The van der Waals surface area contributed by atoms with E-state index in [0.29, 0.717) is 0 Å². The van der Waals surface area contributed by atoms with Gasteiger partial charge in [-0.05, 0) is 43.1 Å². The summed E-state index contributed by atoms with van der Waals surface area (Å²) in [5.41, 5.74) is 1.24. The molecule has 1 nitrogen and oxygen atoms in total. The van der Waals surface area contributed by atoms with E-state index in [2.05, 4.69) is 93.2 Å². The predicted molar refractivity (Wildman–Crippen MR) is 108 cm³/mol. The van der Waals surface area contributed by atoms with Gasteiger partial charge in [-0.1, -0.05) is 78.4 Å². The Labute approximate surface area is 147 Å². The molecular weight excluding hydrogens is 308 g/mol. The van der Waals surface area contributed by atoms with E-state index in [-0.39, 0.29) is 0 Å². The molecule has 0 spiro atoms. The van der Waals surface area contributed by atoms with Crippen LogP contribution >= 0.6 is 0 Å². The molecule has 0 saturated carbocycles. The minimum atomic E-state index is -2.23. The third-order valence-electron chi connectivity index (χ3n) is 4.18. The van der Waals surface area contributed by atoms with Crippen molar-refractivity contribution in [3.63, 3.8) is 0 Å². The molecule has 0 unspecified atom stereocenters. The maximum absolute atomic E-state index is 6.50. The van der Waals surface area contributed by atoms with Crippen LogP contribution in [0, 0.1) is 0 Å². The average molecular weight is 337 g/mol. The van der Waals surface area contributed by atoms with E-state index in [9.17, 15) is 0 Å². The highest BCUT2D eigenvalue weighted by Crippen LogP contribution is 2.15. The summed E-state index contributed by atoms with van der Waals surface area (Å²) in [5, 5.41) is 2.67. The van der Waals surface area contributed by atoms with Crippen molar-refractivity contribution in [2.24, 2.45) is 0 Å². The number of hydrogen-bond acceptors (Lipinski definition) is 1. The second kappa shape index (κ2) is 9.41. The summed E-state index contributed by atoms with van der Waals surface area (Å²) in [6.07, 6.45) is 6.69. The molecular formula is C22H28OSi. The van der Waals surface area contributed by atoms with E-state index in [0.717, 1.165) is 25.5 Å². The Bertz CT molecular complexity index is 607. The first-order valence-electron chi connectivity index (χ1n) is 8.73. The van der Waals surface area contributed by atoms with Crippen LogP contribution < -0.4 is 10.4 Å². The molecule has 0 bridgehead atoms. The molecule has 2 heteroatoms. The molecule has 0 aromatic heterocycles. The van der Waals surface area contributed by atoms with Gasteiger partial charge in [-0.25, -0.2) is 0 Å². The number of rotatable bonds is 9. The first-order valence-corrected chi connectivity index (χ1v) is 10.8. The lowest BCUT2D eigenvalue weighted by Gasteiger charge is -2.31. The van der Waals surface area contributed by atoms with Crippen molar-refractivity contribution in [2.75, 3.05) is 6.61 Å². The third-order valence-corrected chi connectivity index (χ3v) is 8.30. The van der Waals surface area contributed by atoms with E-state index in [4.69, 9.17) is 4.43 Å². The maximum Gasteiger partial charge on any atom is 0.259 e. The van der Waals surface area contributed by atoms with Crippen LogP contribution in [-0.2, 0) is 4.43 Å². The van der Waals surface area contributed by atoms with Gasteiger partial charge in [0.25, 0.3) is 8.32 Å². The second-order valence-electron chi connectivity index (χ2n) is 6.16. The standard InChI is InChI=1S/C22H28OSi/c1-4-23-24(21-15-9-5-10-16-21,22-17-11-6-12-18-22)19-13-7-8-14-20(2)3/h5-7,9-13,15-18H,2,4,8,14,19H2,1,3H3. The van der Waals surface area contributed by atoms with E-state index >= 15 is 0 Å². The zero-order valence-electron chi connectivity index (χ0n) is 14.9. The van der Waals surface area contributed by atoms with E-state index in [1.54, 1.807) is 0 Å². The molecule has 0 aliphatic rings. The molecule has 0 saturated heterocycles. The van der Waals surface area contributed by atoms with Crippen molar-refractivity contribution < 1.29 is 4.43 Å². The van der Waals surface area contributed by atoms with Gasteiger partial charge in [0.2, 0.25) is 0 Å². The van der Waals surface area contributed by atoms with E-state index in [1.807, 2.05) is 0 Å². The van der Waals surface area contributed by atoms with Crippen LogP contribution in [0.5, 0.6) is 0 Å². The molecule has 0 amide bonds. The van der Waals surface area contributed by atoms with Gasteiger partial charge in [-0.15, -0.1) is 6.58 Å². The van der Waals surface area contributed by atoms with Crippen molar-refractivity contribution in [3.8, 4) is 0 Å². The van der Waals surface area contributed by atoms with Crippen LogP contribution in [-0.4, -0.2) is 14.9 Å². The van der Waals surface area contributed by atoms with Crippen molar-refractivity contribution in [3.05, 3.63) is 85.0 Å². The van der Waals surface area contributed by atoms with Gasteiger partial charge in [0, 0.05) is 6.61 Å². The molecule has 0 heterocycles. The lowest BCUT2D eigenvalue weighted by atomic mass is 10.2. The number of allylic oxidation sites excluding steroid dienone is 3. The second-order valence-corrected chi connectivity index (χ2v) is 9.67. The topological polar surface area (TPSA) is 9.23 Å². The smallest absolute Gasteiger partial charge is 0.259 e. The third kappa shape index (κ3) is 4.79. The van der Waals surface area contributed by atoms with Gasteiger partial charge in [-0.3, -0.25) is 0 Å². The summed E-state index contributed by atoms with van der Waals surface area (Å²) in [6.45, 7) is 8.89. The Hall–Kier alpha value is -1.90. The van der Waals surface area contributed by atoms with Gasteiger partial charge >= 0.3 is 0 Å². The van der Waals surface area contributed by atoms with Crippen LogP contribution in [0.4, 0.5) is 0 Å². The first kappa shape index (κ1) is 18.4. The van der Waals surface area contributed by atoms with Crippen molar-refractivity contribution in [2.45, 2.75) is 32.7 Å². The lowest BCUT2D eigenvalue weighted by Crippen LogP contribution is -2.60. The monoisotopic (exact) mass is 336 g/mol. The molecule has 2 aromatic rings. The number of benzene rings is 2. The van der Waals surface area contributed by atoms with Crippen molar-refractivity contribution >= 4 is 18.7 Å². The van der Waals surface area contributed by atoms with Gasteiger partial charge in [0.1, 0.15) is 0 Å². The van der Waals surface area contributed by atoms with Crippen LogP contribution in [0.15, 0.2) is 85.0 Å². The molecule has 126 valence electrons. The summed E-state index contributed by atoms with van der Waals surface area (Å²) >= 11 is 0. The molecule has 0 N–H and O–H groups in total. The van der Waals surface area contributed by atoms with Crippen LogP contribution in [0.25, 0.3) is 0 Å². The summed E-state index contributed by atoms with van der Waals surface area (Å²) in [6, 6.07) is 22.4. The van der Waals surface area contributed by atoms with Crippen molar-refractivity contribution in [1.82, 2.24) is 0 Å². The van der Waals surface area contributed by atoms with Gasteiger partial charge in [0.15, 0.2) is 0 Å². The zero-order chi connectivity index (χ0) is 17.3. The predicted octanol–water partition coefficient (Wildman–Crippen LogP) is 4.70. The molecule has 0 atom stereocenters. The molecule has 0 aliphatic carbocycles. The van der Waals surface area contributed by atoms with Gasteiger partial charge < -0.3 is 4.43 Å². The molecule has 24 heavy (non-hydrogen) atoms. The Morgan fingerprint density at radius 1 is 0.958 bits per heavy atom. The van der Waals surface area contributed by atoms with Gasteiger partial charge in [0.05, 0.1) is 0 Å². The largest absolute Gasteiger partial charge is 0.408 e. The Morgan fingerprint density at radius 3 is 1.96 bits per heavy atom. The molecule has 0 fully saturated rings. The summed E-state index contributed by atoms with van der Waals surface area (Å²) < 4.78 is 6.50. The van der Waals surface area contributed by atoms with Crippen LogP contribution in [0.1, 0.15) is 26.7 Å². The normalized spacial score (nSPS) is 11.8. The molecule has 0 radical (unpaired) electrons. The zero-order valence-corrected chi connectivity index (χ0v) is 15.9. The average Bonchev–Trinajstić information content (AvgIpc) is 2.62. The summed E-state index contributed by atoms with van der Waals surface area (Å²) in [5.74, 6) is 0. The number of hydrogen-bond donors (Lipinski definition) is 0. The SMILES string of the molecule is C=C(C)CCC=CC[Si](OCC)(c1ccccc1)c1ccccc1. The highest BCUT2D eigenvalue weighted by molar-refractivity contribution is 6.97. The van der Waals surface area contributed by atoms with Gasteiger partial charge in [-0.2, -0.15) is 0 Å². The first-order chi connectivity index (χ1) is 11.7. The minimum Gasteiger partial charge on any atom is -0.408 e. The van der Waals surface area contributed by atoms with Crippen molar-refractivity contribution in [1.29, 1.82) is 0 Å². The summed E-state index contributed by atoms with van der Waals surface area (Å²) in [4.78, 5) is 0. The Morgan fingerprint density at radius 2 is 1.50 bits per heavy atom. The highest BCUT2D eigenvalue weighted by atomic mass is 28.4. The highest BCUT2D eigenvalue weighted by Gasteiger charge is 2.37. The van der Waals surface area contributed by atoms with Crippen LogP contribution in [0.3, 0.4) is 0 Å². The Balaban J connectivity index is 2.34. The fourth-order valence-corrected chi connectivity index (χ4v) is 6.70. The van der Waals surface area contributed by atoms with E-state index < -0.39 is 8.32 Å².